The van der Waals surface area contributed by atoms with Crippen LogP contribution in [0, 0.1) is 17.3 Å². The first-order valence-electron chi connectivity index (χ1n) is 11.4. The van der Waals surface area contributed by atoms with Gasteiger partial charge in [0.1, 0.15) is 0 Å². The molecule has 0 spiro atoms. The van der Waals surface area contributed by atoms with Gasteiger partial charge in [0.05, 0.1) is 0 Å². The summed E-state index contributed by atoms with van der Waals surface area (Å²) in [5.74, 6) is 1.65. The Morgan fingerprint density at radius 1 is 1.18 bits per heavy atom. The van der Waals surface area contributed by atoms with Crippen molar-refractivity contribution in [3.63, 3.8) is 0 Å². The Balaban J connectivity index is 1.59. The normalized spacial score (nSPS) is 21.2. The average molecular weight is 394 g/mol. The first-order valence-corrected chi connectivity index (χ1v) is 11.4. The molecular weight excluding hydrogens is 350 g/mol. The molecule has 6 nitrogen and oxygen atoms in total. The fourth-order valence-electron chi connectivity index (χ4n) is 5.04. The second-order valence-electron chi connectivity index (χ2n) is 9.38. The van der Waals surface area contributed by atoms with Crippen LogP contribution >= 0.6 is 0 Å². The number of amides is 1. The number of carbonyl (C=O) groups is 1. The van der Waals surface area contributed by atoms with E-state index in [0.717, 1.165) is 63.9 Å². The lowest BCUT2D eigenvalue weighted by molar-refractivity contribution is -0.123. The summed E-state index contributed by atoms with van der Waals surface area (Å²) in [6.45, 7) is 9.78. The van der Waals surface area contributed by atoms with E-state index in [9.17, 15) is 4.79 Å². The minimum atomic E-state index is -0.129. The molecule has 0 aromatic carbocycles. The molecule has 1 heterocycles. The molecule has 2 fully saturated rings. The zero-order valence-electron chi connectivity index (χ0n) is 18.4. The highest BCUT2D eigenvalue weighted by Crippen LogP contribution is 2.42. The second kappa shape index (κ2) is 11.6. The summed E-state index contributed by atoms with van der Waals surface area (Å²) in [4.78, 5) is 18.1. The summed E-state index contributed by atoms with van der Waals surface area (Å²) in [7, 11) is 1.86. The van der Waals surface area contributed by atoms with Crippen molar-refractivity contribution in [3.8, 4) is 0 Å². The van der Waals surface area contributed by atoms with Crippen molar-refractivity contribution in [1.29, 1.82) is 0 Å². The number of nitrogens with two attached hydrogens (primary N) is 1. The maximum Gasteiger partial charge on any atom is 0.220 e. The second-order valence-corrected chi connectivity index (χ2v) is 9.38. The van der Waals surface area contributed by atoms with Gasteiger partial charge in [0.15, 0.2) is 5.96 Å². The molecule has 0 aromatic heterocycles. The Bertz CT molecular complexity index is 491. The fraction of sp³-hybridized carbons (Fsp3) is 0.909. The molecule has 2 rings (SSSR count). The lowest BCUT2D eigenvalue weighted by Crippen LogP contribution is -2.43. The molecule has 0 aromatic rings. The van der Waals surface area contributed by atoms with E-state index >= 15 is 0 Å². The molecule has 1 aliphatic heterocycles. The molecule has 28 heavy (non-hydrogen) atoms. The molecule has 1 amide bonds. The number of hydrogen-bond donors (Lipinski definition) is 3. The fourth-order valence-corrected chi connectivity index (χ4v) is 5.04. The molecule has 6 heteroatoms. The van der Waals surface area contributed by atoms with Gasteiger partial charge >= 0.3 is 0 Å². The third-order valence-electron chi connectivity index (χ3n) is 6.54. The zero-order valence-corrected chi connectivity index (χ0v) is 18.4. The number of rotatable bonds is 10. The standard InChI is InChI=1S/C22H43N5O/c1-18(2)16-22(10-4-5-11-22)17-26-21(24-3)25-12-6-7-13-27-14-8-19(9-15-27)20(23)28/h18-19H,4-17H2,1-3H3,(H2,23,28)(H2,24,25,26). The van der Waals surface area contributed by atoms with Crippen LogP contribution in [0.2, 0.25) is 0 Å². The molecule has 1 aliphatic carbocycles. The molecule has 4 N–H and O–H groups in total. The number of aliphatic imine (C=N–C) groups is 1. The van der Waals surface area contributed by atoms with Gasteiger partial charge in [0.2, 0.25) is 5.91 Å². The molecule has 0 unspecified atom stereocenters. The Hall–Kier alpha value is -1.30. The Labute approximate surface area is 172 Å². The Morgan fingerprint density at radius 2 is 1.86 bits per heavy atom. The van der Waals surface area contributed by atoms with Crippen molar-refractivity contribution >= 4 is 11.9 Å². The van der Waals surface area contributed by atoms with Gasteiger partial charge in [0.25, 0.3) is 0 Å². The minimum absolute atomic E-state index is 0.0890. The van der Waals surface area contributed by atoms with E-state index in [1.165, 1.54) is 38.5 Å². The van der Waals surface area contributed by atoms with Crippen LogP contribution in [0.15, 0.2) is 4.99 Å². The smallest absolute Gasteiger partial charge is 0.220 e. The van der Waals surface area contributed by atoms with E-state index in [4.69, 9.17) is 5.73 Å². The predicted octanol–water partition coefficient (Wildman–Crippen LogP) is 2.74. The van der Waals surface area contributed by atoms with Crippen molar-refractivity contribution in [3.05, 3.63) is 0 Å². The number of primary amides is 1. The van der Waals surface area contributed by atoms with E-state index in [0.29, 0.717) is 5.41 Å². The van der Waals surface area contributed by atoms with E-state index in [-0.39, 0.29) is 11.8 Å². The van der Waals surface area contributed by atoms with Gasteiger partial charge in [-0.05, 0) is 75.9 Å². The number of nitrogens with zero attached hydrogens (tertiary/aromatic N) is 2. The molecular formula is C22H43N5O. The highest BCUT2D eigenvalue weighted by molar-refractivity contribution is 5.79. The van der Waals surface area contributed by atoms with Crippen LogP contribution in [0.1, 0.15) is 71.6 Å². The van der Waals surface area contributed by atoms with E-state index in [2.05, 4.69) is 34.4 Å². The van der Waals surface area contributed by atoms with Crippen molar-refractivity contribution in [1.82, 2.24) is 15.5 Å². The number of piperidine rings is 1. The van der Waals surface area contributed by atoms with Gasteiger partial charge in [-0.15, -0.1) is 0 Å². The largest absolute Gasteiger partial charge is 0.369 e. The summed E-state index contributed by atoms with van der Waals surface area (Å²) in [5.41, 5.74) is 5.87. The van der Waals surface area contributed by atoms with Gasteiger partial charge in [-0.1, -0.05) is 26.7 Å². The van der Waals surface area contributed by atoms with E-state index in [1.54, 1.807) is 0 Å². The number of nitrogens with one attached hydrogen (secondary N) is 2. The number of hydrogen-bond acceptors (Lipinski definition) is 3. The van der Waals surface area contributed by atoms with Crippen LogP contribution in [0.5, 0.6) is 0 Å². The minimum Gasteiger partial charge on any atom is -0.369 e. The Kier molecular flexibility index (Phi) is 9.56. The van der Waals surface area contributed by atoms with Crippen molar-refractivity contribution in [2.45, 2.75) is 71.6 Å². The SMILES string of the molecule is CN=C(NCCCCN1CCC(C(N)=O)CC1)NCC1(CC(C)C)CCCC1. The van der Waals surface area contributed by atoms with Gasteiger partial charge in [-0.2, -0.15) is 0 Å². The molecule has 0 atom stereocenters. The summed E-state index contributed by atoms with van der Waals surface area (Å²) in [6, 6.07) is 0. The molecule has 0 radical (unpaired) electrons. The highest BCUT2D eigenvalue weighted by atomic mass is 16.1. The van der Waals surface area contributed by atoms with Gasteiger partial charge in [-0.25, -0.2) is 0 Å². The number of guanidine groups is 1. The van der Waals surface area contributed by atoms with Crippen LogP contribution in [-0.4, -0.2) is 56.5 Å². The molecule has 1 saturated carbocycles. The van der Waals surface area contributed by atoms with Gasteiger partial charge < -0.3 is 21.3 Å². The maximum absolute atomic E-state index is 11.2. The molecule has 2 aliphatic rings. The molecule has 0 bridgehead atoms. The number of unbranched alkanes of at least 4 members (excludes halogenated alkanes) is 1. The predicted molar refractivity (Wildman–Crippen MR) is 117 cm³/mol. The van der Waals surface area contributed by atoms with Crippen LogP contribution < -0.4 is 16.4 Å². The van der Waals surface area contributed by atoms with Crippen LogP contribution in [0.25, 0.3) is 0 Å². The molecule has 162 valence electrons. The monoisotopic (exact) mass is 393 g/mol. The maximum atomic E-state index is 11.2. The van der Waals surface area contributed by atoms with Gasteiger partial charge in [-0.3, -0.25) is 9.79 Å². The van der Waals surface area contributed by atoms with E-state index in [1.807, 2.05) is 7.05 Å². The quantitative estimate of drug-likeness (QED) is 0.303. The van der Waals surface area contributed by atoms with Crippen molar-refractivity contribution < 1.29 is 4.79 Å². The summed E-state index contributed by atoms with van der Waals surface area (Å²) >= 11 is 0. The zero-order chi connectivity index (χ0) is 20.4. The number of carbonyl (C=O) groups excluding carboxylic acids is 1. The van der Waals surface area contributed by atoms with Crippen LogP contribution in [0.3, 0.4) is 0 Å². The Morgan fingerprint density at radius 3 is 2.43 bits per heavy atom. The topological polar surface area (TPSA) is 82.8 Å². The lowest BCUT2D eigenvalue weighted by Gasteiger charge is -2.32. The first-order chi connectivity index (χ1) is 13.4. The molecule has 1 saturated heterocycles. The third kappa shape index (κ3) is 7.61. The lowest BCUT2D eigenvalue weighted by atomic mass is 9.78. The van der Waals surface area contributed by atoms with Gasteiger partial charge in [0, 0.05) is 26.1 Å². The van der Waals surface area contributed by atoms with E-state index < -0.39 is 0 Å². The van der Waals surface area contributed by atoms with Crippen LogP contribution in [-0.2, 0) is 4.79 Å². The first kappa shape index (κ1) is 23.0. The third-order valence-corrected chi connectivity index (χ3v) is 6.54. The highest BCUT2D eigenvalue weighted by Gasteiger charge is 2.34. The summed E-state index contributed by atoms with van der Waals surface area (Å²) in [6.07, 6.45) is 10.9. The van der Waals surface area contributed by atoms with Crippen molar-refractivity contribution in [2.24, 2.45) is 28.0 Å². The van der Waals surface area contributed by atoms with Crippen molar-refractivity contribution in [2.75, 3.05) is 39.8 Å². The summed E-state index contributed by atoms with van der Waals surface area (Å²) < 4.78 is 0. The number of likely N-dealkylation sites (tertiary alicyclic amines) is 1. The summed E-state index contributed by atoms with van der Waals surface area (Å²) in [5, 5.41) is 7.08. The van der Waals surface area contributed by atoms with Crippen LogP contribution in [0.4, 0.5) is 0 Å². The average Bonchev–Trinajstić information content (AvgIpc) is 3.12.